The molecule has 0 radical (unpaired) electrons. The Labute approximate surface area is 239 Å². The van der Waals surface area contributed by atoms with Gasteiger partial charge in [0.25, 0.3) is 21.7 Å². The number of pyridine rings is 1. The molecule has 1 saturated carbocycles. The predicted molar refractivity (Wildman–Crippen MR) is 157 cm³/mol. The molecule has 0 atom stereocenters. The summed E-state index contributed by atoms with van der Waals surface area (Å²) in [4.78, 5) is 26.8. The number of carbonyl (C=O) groups excluding carboxylic acids is 1. The van der Waals surface area contributed by atoms with Crippen LogP contribution in [0.15, 0.2) is 41.2 Å². The summed E-state index contributed by atoms with van der Waals surface area (Å²) >= 11 is 0. The third-order valence-corrected chi connectivity index (χ3v) is 7.22. The van der Waals surface area contributed by atoms with Gasteiger partial charge in [-0.15, -0.1) is 0 Å². The Hall–Kier alpha value is -4.10. The summed E-state index contributed by atoms with van der Waals surface area (Å²) in [5.74, 6) is -1.09. The molecule has 4 N–H and O–H groups in total. The van der Waals surface area contributed by atoms with Crippen molar-refractivity contribution < 1.29 is 27.1 Å². The minimum Gasteiger partial charge on any atom is -0.491 e. The number of hydrogen-bond acceptors (Lipinski definition) is 7. The SMILES string of the molecule is CC.CNS(=O)(=O)Nc1cccc(Oc2c(C(=O)NC3CC3)c(Nc3ccc(C)cc3F)n(C)c(=O)c2C)c1OC. The summed E-state index contributed by atoms with van der Waals surface area (Å²) in [6, 6.07) is 9.00. The normalized spacial score (nSPS) is 12.6. The largest absolute Gasteiger partial charge is 0.491 e. The van der Waals surface area contributed by atoms with E-state index in [1.165, 1.54) is 63.0 Å². The van der Waals surface area contributed by atoms with Crippen LogP contribution in [0, 0.1) is 19.7 Å². The highest BCUT2D eigenvalue weighted by molar-refractivity contribution is 7.90. The highest BCUT2D eigenvalue weighted by Gasteiger charge is 2.31. The molecule has 1 amide bonds. The van der Waals surface area contributed by atoms with Gasteiger partial charge in [-0.25, -0.2) is 9.11 Å². The van der Waals surface area contributed by atoms with E-state index < -0.39 is 27.5 Å². The highest BCUT2D eigenvalue weighted by atomic mass is 32.2. The minimum atomic E-state index is -3.89. The summed E-state index contributed by atoms with van der Waals surface area (Å²) in [5.41, 5.74) is 0.421. The van der Waals surface area contributed by atoms with Crippen molar-refractivity contribution in [1.82, 2.24) is 14.6 Å². The Kier molecular flexibility index (Phi) is 10.00. The molecule has 222 valence electrons. The number of ether oxygens (including phenoxy) is 2. The number of methoxy groups -OCH3 is 1. The number of aryl methyl sites for hydroxylation is 1. The molecule has 2 aromatic carbocycles. The van der Waals surface area contributed by atoms with Gasteiger partial charge >= 0.3 is 0 Å². The number of para-hydroxylation sites is 1. The van der Waals surface area contributed by atoms with Crippen LogP contribution in [0.25, 0.3) is 0 Å². The lowest BCUT2D eigenvalue weighted by Gasteiger charge is -2.22. The number of halogens is 1. The van der Waals surface area contributed by atoms with E-state index in [1.807, 2.05) is 13.8 Å². The van der Waals surface area contributed by atoms with Crippen LogP contribution in [0.3, 0.4) is 0 Å². The number of carbonyl (C=O) groups is 1. The fraction of sp³-hybridized carbons (Fsp3) is 0.357. The molecule has 1 aromatic heterocycles. The van der Waals surface area contributed by atoms with Crippen LogP contribution < -0.4 is 35.1 Å². The zero-order chi connectivity index (χ0) is 30.5. The minimum absolute atomic E-state index is 0.0176. The second-order valence-corrected chi connectivity index (χ2v) is 10.8. The Morgan fingerprint density at radius 3 is 2.34 bits per heavy atom. The van der Waals surface area contributed by atoms with Gasteiger partial charge in [-0.3, -0.25) is 18.9 Å². The molecule has 0 unspecified atom stereocenters. The van der Waals surface area contributed by atoms with E-state index in [1.54, 1.807) is 13.0 Å². The molecule has 0 spiro atoms. The molecule has 0 bridgehead atoms. The summed E-state index contributed by atoms with van der Waals surface area (Å²) < 4.78 is 56.3. The maximum absolute atomic E-state index is 14.8. The maximum atomic E-state index is 14.8. The molecule has 4 rings (SSSR count). The molecule has 1 fully saturated rings. The van der Waals surface area contributed by atoms with Crippen molar-refractivity contribution in [2.45, 2.75) is 46.6 Å². The van der Waals surface area contributed by atoms with Gasteiger partial charge in [-0.2, -0.15) is 8.42 Å². The van der Waals surface area contributed by atoms with Crippen molar-refractivity contribution >= 4 is 33.3 Å². The quantitative estimate of drug-likeness (QED) is 0.273. The van der Waals surface area contributed by atoms with E-state index in [9.17, 15) is 22.4 Å². The van der Waals surface area contributed by atoms with E-state index in [2.05, 4.69) is 20.1 Å². The smallest absolute Gasteiger partial charge is 0.298 e. The van der Waals surface area contributed by atoms with E-state index in [0.29, 0.717) is 5.56 Å². The average Bonchev–Trinajstić information content (AvgIpc) is 3.76. The van der Waals surface area contributed by atoms with Crippen LogP contribution in [-0.4, -0.2) is 39.1 Å². The van der Waals surface area contributed by atoms with Crippen molar-refractivity contribution in [3.63, 3.8) is 0 Å². The van der Waals surface area contributed by atoms with Gasteiger partial charge in [0.15, 0.2) is 17.2 Å². The number of benzene rings is 2. The van der Waals surface area contributed by atoms with Crippen LogP contribution in [0.5, 0.6) is 17.2 Å². The Balaban J connectivity index is 0.00000226. The molecule has 13 heteroatoms. The maximum Gasteiger partial charge on any atom is 0.298 e. The molecule has 1 aliphatic carbocycles. The van der Waals surface area contributed by atoms with Crippen molar-refractivity contribution in [3.8, 4) is 17.2 Å². The van der Waals surface area contributed by atoms with E-state index in [-0.39, 0.29) is 51.6 Å². The average molecular weight is 590 g/mol. The lowest BCUT2D eigenvalue weighted by Crippen LogP contribution is -2.31. The molecular formula is C28H36FN5O6S. The number of amides is 1. The fourth-order valence-corrected chi connectivity index (χ4v) is 4.48. The van der Waals surface area contributed by atoms with Crippen LogP contribution >= 0.6 is 0 Å². The van der Waals surface area contributed by atoms with Crippen molar-refractivity contribution in [2.75, 3.05) is 24.2 Å². The molecule has 11 nitrogen and oxygen atoms in total. The number of nitrogens with zero attached hydrogens (tertiary/aromatic N) is 1. The Morgan fingerprint density at radius 1 is 1.07 bits per heavy atom. The lowest BCUT2D eigenvalue weighted by atomic mass is 10.1. The first-order chi connectivity index (χ1) is 19.5. The zero-order valence-corrected chi connectivity index (χ0v) is 25.0. The van der Waals surface area contributed by atoms with Gasteiger partial charge in [0.05, 0.1) is 24.0 Å². The summed E-state index contributed by atoms with van der Waals surface area (Å²) in [6.07, 6.45) is 1.62. The summed E-state index contributed by atoms with van der Waals surface area (Å²) in [7, 11) is 0.145. The van der Waals surface area contributed by atoms with Crippen molar-refractivity contribution in [2.24, 2.45) is 7.05 Å². The first-order valence-corrected chi connectivity index (χ1v) is 14.6. The first-order valence-electron chi connectivity index (χ1n) is 13.1. The van der Waals surface area contributed by atoms with E-state index in [4.69, 9.17) is 9.47 Å². The molecule has 41 heavy (non-hydrogen) atoms. The summed E-state index contributed by atoms with van der Waals surface area (Å²) in [5, 5.41) is 5.80. The third-order valence-electron chi connectivity index (χ3n) is 6.19. The molecular weight excluding hydrogens is 553 g/mol. The molecule has 1 aliphatic rings. The van der Waals surface area contributed by atoms with Gasteiger partial charge in [-0.05, 0) is 56.5 Å². The predicted octanol–water partition coefficient (Wildman–Crippen LogP) is 4.48. The number of hydrogen-bond donors (Lipinski definition) is 4. The standard InChI is InChI=1S/C26H30FN5O6S.C2H6/c1-14-9-12-18(17(27)13-14)30-24-21(25(33)29-16-10-11-16)22(15(2)26(34)32(24)4)38-20-8-6-7-19(23(20)37-5)31-39(35,36)28-3;1-2/h6-9,12-13,16,28,30-31H,10-11H2,1-5H3,(H,29,33);1-2H3. The molecule has 3 aromatic rings. The van der Waals surface area contributed by atoms with Gasteiger partial charge in [0.2, 0.25) is 0 Å². The number of rotatable bonds is 10. The van der Waals surface area contributed by atoms with E-state index >= 15 is 0 Å². The molecule has 0 saturated heterocycles. The van der Waals surface area contributed by atoms with Crippen LogP contribution in [0.4, 0.5) is 21.6 Å². The van der Waals surface area contributed by atoms with Crippen LogP contribution in [0.1, 0.15) is 48.2 Å². The fourth-order valence-electron chi connectivity index (χ4n) is 3.92. The van der Waals surface area contributed by atoms with Gasteiger partial charge < -0.3 is 20.1 Å². The number of aromatic nitrogens is 1. The lowest BCUT2D eigenvalue weighted by molar-refractivity contribution is 0.0948. The third kappa shape index (κ3) is 7.16. The van der Waals surface area contributed by atoms with Gasteiger partial charge in [-0.1, -0.05) is 26.0 Å². The van der Waals surface area contributed by atoms with Gasteiger partial charge in [0, 0.05) is 20.1 Å². The van der Waals surface area contributed by atoms with Crippen LogP contribution in [0.2, 0.25) is 0 Å². The second-order valence-electron chi connectivity index (χ2n) is 9.15. The first kappa shape index (κ1) is 31.4. The highest BCUT2D eigenvalue weighted by Crippen LogP contribution is 2.41. The number of nitrogens with one attached hydrogen (secondary N) is 4. The topological polar surface area (TPSA) is 140 Å². The zero-order valence-electron chi connectivity index (χ0n) is 24.1. The van der Waals surface area contributed by atoms with Crippen LogP contribution in [-0.2, 0) is 17.3 Å². The monoisotopic (exact) mass is 589 g/mol. The molecule has 1 heterocycles. The van der Waals surface area contributed by atoms with Gasteiger partial charge in [0.1, 0.15) is 17.2 Å². The Bertz CT molecular complexity index is 1600. The van der Waals surface area contributed by atoms with Crippen molar-refractivity contribution in [3.05, 3.63) is 69.3 Å². The number of anilines is 3. The second kappa shape index (κ2) is 13.0. The van der Waals surface area contributed by atoms with E-state index in [0.717, 1.165) is 12.8 Å². The van der Waals surface area contributed by atoms with Crippen molar-refractivity contribution in [1.29, 1.82) is 0 Å². The summed E-state index contributed by atoms with van der Waals surface area (Å²) in [6.45, 7) is 7.25. The molecule has 0 aliphatic heterocycles. The Morgan fingerprint density at radius 2 is 1.76 bits per heavy atom.